The van der Waals surface area contributed by atoms with Crippen LogP contribution in [0.5, 0.6) is 5.75 Å². The van der Waals surface area contributed by atoms with Crippen molar-refractivity contribution in [3.05, 3.63) is 41.5 Å². The molecule has 2 aromatic heterocycles. The molecule has 0 aliphatic heterocycles. The Kier molecular flexibility index (Phi) is 3.42. The second-order valence-corrected chi connectivity index (χ2v) is 4.69. The van der Waals surface area contributed by atoms with Crippen LogP contribution < -0.4 is 10.1 Å². The molecule has 3 rings (SSSR count). The Morgan fingerprint density at radius 1 is 1.18 bits per heavy atom. The van der Waals surface area contributed by atoms with Gasteiger partial charge in [0.05, 0.1) is 12.8 Å². The zero-order valence-electron chi connectivity index (χ0n) is 12.4. The van der Waals surface area contributed by atoms with E-state index in [4.69, 9.17) is 4.74 Å². The van der Waals surface area contributed by atoms with Crippen molar-refractivity contribution in [1.29, 1.82) is 0 Å². The number of fused-ring (bicyclic) bond motifs is 1. The second-order valence-electron chi connectivity index (χ2n) is 4.69. The number of methoxy groups -OCH3 is 1. The van der Waals surface area contributed by atoms with Gasteiger partial charge in [0.25, 0.3) is 11.7 Å². The highest BCUT2D eigenvalue weighted by Crippen LogP contribution is 2.16. The minimum Gasteiger partial charge on any atom is -0.497 e. The molecule has 0 aliphatic carbocycles. The van der Waals surface area contributed by atoms with Gasteiger partial charge in [-0.25, -0.2) is 0 Å². The summed E-state index contributed by atoms with van der Waals surface area (Å²) in [5, 5.41) is 14.8. The van der Waals surface area contributed by atoms with Gasteiger partial charge >= 0.3 is 0 Å². The molecule has 1 amide bonds. The number of aromatic nitrogens is 5. The van der Waals surface area contributed by atoms with Crippen LogP contribution in [0.15, 0.2) is 24.3 Å². The van der Waals surface area contributed by atoms with Crippen LogP contribution in [-0.4, -0.2) is 37.8 Å². The van der Waals surface area contributed by atoms with Gasteiger partial charge in [-0.3, -0.25) is 4.79 Å². The highest BCUT2D eigenvalue weighted by Gasteiger charge is 2.16. The maximum Gasteiger partial charge on any atom is 0.278 e. The molecule has 2 heterocycles. The van der Waals surface area contributed by atoms with E-state index < -0.39 is 0 Å². The molecule has 0 saturated heterocycles. The third-order valence-corrected chi connectivity index (χ3v) is 3.16. The lowest BCUT2D eigenvalue weighted by Gasteiger charge is -2.07. The molecular formula is C14H14N6O2. The molecular weight excluding hydrogens is 284 g/mol. The first kappa shape index (κ1) is 13.9. The van der Waals surface area contributed by atoms with E-state index in [1.807, 2.05) is 0 Å². The van der Waals surface area contributed by atoms with E-state index in [1.54, 1.807) is 45.2 Å². The number of nitrogens with zero attached hydrogens (tertiary/aromatic N) is 5. The fourth-order valence-electron chi connectivity index (χ4n) is 2.04. The zero-order valence-corrected chi connectivity index (χ0v) is 12.4. The van der Waals surface area contributed by atoms with Crippen molar-refractivity contribution < 1.29 is 9.53 Å². The van der Waals surface area contributed by atoms with Crippen molar-refractivity contribution in [3.63, 3.8) is 0 Å². The first-order valence-corrected chi connectivity index (χ1v) is 6.60. The third-order valence-electron chi connectivity index (χ3n) is 3.16. The van der Waals surface area contributed by atoms with Gasteiger partial charge in [-0.15, -0.1) is 15.3 Å². The van der Waals surface area contributed by atoms with Crippen LogP contribution in [0.3, 0.4) is 0 Å². The molecule has 0 fully saturated rings. The number of amides is 1. The molecule has 0 aliphatic rings. The van der Waals surface area contributed by atoms with E-state index in [0.717, 1.165) is 0 Å². The zero-order chi connectivity index (χ0) is 15.7. The number of hydrogen-bond donors (Lipinski definition) is 1. The molecule has 112 valence electrons. The maximum atomic E-state index is 12.3. The summed E-state index contributed by atoms with van der Waals surface area (Å²) in [5.74, 6) is 1.31. The molecule has 22 heavy (non-hydrogen) atoms. The summed E-state index contributed by atoms with van der Waals surface area (Å²) < 4.78 is 6.58. The number of aryl methyl sites for hydroxylation is 2. The Bertz CT molecular complexity index is 840. The van der Waals surface area contributed by atoms with Gasteiger partial charge in [0.15, 0.2) is 5.69 Å². The number of carbonyl (C=O) groups is 1. The highest BCUT2D eigenvalue weighted by atomic mass is 16.5. The van der Waals surface area contributed by atoms with Crippen molar-refractivity contribution in [2.75, 3.05) is 12.4 Å². The number of anilines is 1. The SMILES string of the molecule is COc1ccc(NC(=O)c2nnc3nc(C)nn3c2C)cc1. The average molecular weight is 298 g/mol. The minimum absolute atomic E-state index is 0.202. The maximum absolute atomic E-state index is 12.3. The van der Waals surface area contributed by atoms with E-state index in [2.05, 4.69) is 25.6 Å². The monoisotopic (exact) mass is 298 g/mol. The summed E-state index contributed by atoms with van der Waals surface area (Å²) >= 11 is 0. The van der Waals surface area contributed by atoms with Gasteiger partial charge in [-0.05, 0) is 38.1 Å². The number of carbonyl (C=O) groups excluding carboxylic acids is 1. The van der Waals surface area contributed by atoms with Crippen LogP contribution >= 0.6 is 0 Å². The third kappa shape index (κ3) is 2.46. The minimum atomic E-state index is -0.356. The predicted molar refractivity (Wildman–Crippen MR) is 79.0 cm³/mol. The van der Waals surface area contributed by atoms with Crippen LogP contribution in [0.4, 0.5) is 5.69 Å². The standard InChI is InChI=1S/C14H14N6O2/c1-8-12(17-18-14-15-9(2)19-20(8)14)13(21)16-10-4-6-11(22-3)7-5-10/h4-7H,1-3H3,(H,16,21). The molecule has 0 atom stereocenters. The lowest BCUT2D eigenvalue weighted by atomic mass is 10.2. The Labute approximate surface area is 126 Å². The molecule has 8 heteroatoms. The van der Waals surface area contributed by atoms with E-state index >= 15 is 0 Å². The molecule has 0 unspecified atom stereocenters. The van der Waals surface area contributed by atoms with Crippen molar-refractivity contribution in [2.45, 2.75) is 13.8 Å². The van der Waals surface area contributed by atoms with Gasteiger partial charge in [-0.2, -0.15) is 9.50 Å². The van der Waals surface area contributed by atoms with Gasteiger partial charge < -0.3 is 10.1 Å². The van der Waals surface area contributed by atoms with Crippen molar-refractivity contribution in [1.82, 2.24) is 24.8 Å². The summed E-state index contributed by atoms with van der Waals surface area (Å²) in [6.45, 7) is 3.50. The van der Waals surface area contributed by atoms with E-state index in [0.29, 0.717) is 28.7 Å². The van der Waals surface area contributed by atoms with Gasteiger partial charge in [-0.1, -0.05) is 0 Å². The quantitative estimate of drug-likeness (QED) is 0.785. The Morgan fingerprint density at radius 3 is 2.59 bits per heavy atom. The lowest BCUT2D eigenvalue weighted by molar-refractivity contribution is 0.102. The largest absolute Gasteiger partial charge is 0.497 e. The van der Waals surface area contributed by atoms with Crippen LogP contribution in [0.1, 0.15) is 22.0 Å². The molecule has 1 aromatic carbocycles. The van der Waals surface area contributed by atoms with E-state index in [9.17, 15) is 4.79 Å². The lowest BCUT2D eigenvalue weighted by Crippen LogP contribution is -2.18. The Hall–Kier alpha value is -3.03. The topological polar surface area (TPSA) is 94.3 Å². The number of rotatable bonds is 3. The summed E-state index contributed by atoms with van der Waals surface area (Å²) in [5.41, 5.74) is 1.42. The van der Waals surface area contributed by atoms with E-state index in [1.165, 1.54) is 4.52 Å². The summed E-state index contributed by atoms with van der Waals surface area (Å²) in [4.78, 5) is 16.4. The van der Waals surface area contributed by atoms with Crippen LogP contribution in [0, 0.1) is 13.8 Å². The second kappa shape index (κ2) is 5.40. The number of benzene rings is 1. The first-order valence-electron chi connectivity index (χ1n) is 6.60. The van der Waals surface area contributed by atoms with Gasteiger partial charge in [0, 0.05) is 5.69 Å². The predicted octanol–water partition coefficient (Wildman–Crippen LogP) is 1.40. The van der Waals surface area contributed by atoms with Crippen LogP contribution in [-0.2, 0) is 0 Å². The molecule has 0 saturated carbocycles. The molecule has 0 spiro atoms. The van der Waals surface area contributed by atoms with Crippen molar-refractivity contribution >= 4 is 17.4 Å². The van der Waals surface area contributed by atoms with Crippen molar-refractivity contribution in [3.8, 4) is 5.75 Å². The van der Waals surface area contributed by atoms with Gasteiger partial charge in [0.1, 0.15) is 11.6 Å². The Balaban J connectivity index is 1.89. The van der Waals surface area contributed by atoms with E-state index in [-0.39, 0.29) is 11.6 Å². The first-order chi connectivity index (χ1) is 10.6. The molecule has 3 aromatic rings. The molecule has 0 radical (unpaired) electrons. The van der Waals surface area contributed by atoms with Gasteiger partial charge in [0.2, 0.25) is 0 Å². The van der Waals surface area contributed by atoms with Crippen molar-refractivity contribution in [2.24, 2.45) is 0 Å². The smallest absolute Gasteiger partial charge is 0.278 e. The fraction of sp³-hybridized carbons (Fsp3) is 0.214. The van der Waals surface area contributed by atoms with Crippen LogP contribution in [0.25, 0.3) is 5.78 Å². The summed E-state index contributed by atoms with van der Waals surface area (Å²) in [6.07, 6.45) is 0. The Morgan fingerprint density at radius 2 is 1.91 bits per heavy atom. The highest BCUT2D eigenvalue weighted by molar-refractivity contribution is 6.03. The summed E-state index contributed by atoms with van der Waals surface area (Å²) in [7, 11) is 1.59. The summed E-state index contributed by atoms with van der Waals surface area (Å²) in [6, 6.07) is 7.02. The number of nitrogens with one attached hydrogen (secondary N) is 1. The number of hydrogen-bond acceptors (Lipinski definition) is 6. The fourth-order valence-corrected chi connectivity index (χ4v) is 2.04. The number of ether oxygens (including phenoxy) is 1. The molecule has 0 bridgehead atoms. The molecule has 1 N–H and O–H groups in total. The molecule has 8 nitrogen and oxygen atoms in total. The average Bonchev–Trinajstić information content (AvgIpc) is 2.90. The van der Waals surface area contributed by atoms with Crippen LogP contribution in [0.2, 0.25) is 0 Å². The normalized spacial score (nSPS) is 10.7.